The molecule has 2 amide bonds. The molecule has 1 atom stereocenters. The van der Waals surface area contributed by atoms with E-state index in [0.29, 0.717) is 18.2 Å². The highest BCUT2D eigenvalue weighted by Crippen LogP contribution is 2.18. The van der Waals surface area contributed by atoms with Gasteiger partial charge in [-0.25, -0.2) is 9.78 Å². The molecule has 0 saturated heterocycles. The summed E-state index contributed by atoms with van der Waals surface area (Å²) in [6.07, 6.45) is 9.21. The summed E-state index contributed by atoms with van der Waals surface area (Å²) in [5, 5.41) is 9.67. The molecule has 0 aromatic carbocycles. The van der Waals surface area contributed by atoms with Crippen molar-refractivity contribution in [3.63, 3.8) is 0 Å². The molecule has 0 aliphatic carbocycles. The normalized spacial score (nSPS) is 17.6. The Bertz CT molecular complexity index is 602. The number of fused-ring (bicyclic) bond motifs is 1. The van der Waals surface area contributed by atoms with Gasteiger partial charge in [-0.3, -0.25) is 4.68 Å². The first-order valence-electron chi connectivity index (χ1n) is 6.74. The van der Waals surface area contributed by atoms with E-state index >= 15 is 0 Å². The molecule has 3 heterocycles. The standard InChI is InChI=1S/C13H18N6O/c1-18-9-11(8-16-18)17-13(20)15-7-10-2-4-19-5-3-14-12(19)6-10/h3,5,8-10H,2,4,6-7H2,1H3,(H2,15,17,20)/t10-/m1/s1. The second-order valence-corrected chi connectivity index (χ2v) is 5.13. The molecule has 2 aromatic rings. The zero-order valence-electron chi connectivity index (χ0n) is 11.4. The minimum atomic E-state index is -0.188. The van der Waals surface area contributed by atoms with Crippen LogP contribution < -0.4 is 10.6 Å². The van der Waals surface area contributed by atoms with Crippen LogP contribution in [-0.4, -0.2) is 31.9 Å². The number of anilines is 1. The van der Waals surface area contributed by atoms with Gasteiger partial charge >= 0.3 is 6.03 Å². The Hall–Kier alpha value is -2.31. The van der Waals surface area contributed by atoms with Gasteiger partial charge in [-0.1, -0.05) is 0 Å². The second-order valence-electron chi connectivity index (χ2n) is 5.13. The largest absolute Gasteiger partial charge is 0.338 e. The molecule has 106 valence electrons. The quantitative estimate of drug-likeness (QED) is 0.876. The van der Waals surface area contributed by atoms with Gasteiger partial charge in [0.15, 0.2) is 0 Å². The molecule has 2 aromatic heterocycles. The summed E-state index contributed by atoms with van der Waals surface area (Å²) in [4.78, 5) is 16.1. The molecular weight excluding hydrogens is 256 g/mol. The highest BCUT2D eigenvalue weighted by atomic mass is 16.2. The topological polar surface area (TPSA) is 76.8 Å². The van der Waals surface area contributed by atoms with Crippen molar-refractivity contribution in [1.29, 1.82) is 0 Å². The van der Waals surface area contributed by atoms with Crippen molar-refractivity contribution in [3.8, 4) is 0 Å². The fraction of sp³-hybridized carbons (Fsp3) is 0.462. The van der Waals surface area contributed by atoms with Crippen LogP contribution in [0.1, 0.15) is 12.2 Å². The molecule has 7 heteroatoms. The van der Waals surface area contributed by atoms with Crippen LogP contribution in [0.2, 0.25) is 0 Å². The molecule has 0 saturated carbocycles. The Morgan fingerprint density at radius 2 is 2.45 bits per heavy atom. The van der Waals surface area contributed by atoms with Crippen LogP contribution >= 0.6 is 0 Å². The molecule has 1 aliphatic rings. The Balaban J connectivity index is 1.47. The van der Waals surface area contributed by atoms with Gasteiger partial charge < -0.3 is 15.2 Å². The number of imidazole rings is 1. The average Bonchev–Trinajstić information content (AvgIpc) is 3.04. The number of carbonyl (C=O) groups excluding carboxylic acids is 1. The zero-order valence-corrected chi connectivity index (χ0v) is 11.4. The summed E-state index contributed by atoms with van der Waals surface area (Å²) in [6.45, 7) is 1.64. The first kappa shape index (κ1) is 12.7. The Morgan fingerprint density at radius 1 is 1.55 bits per heavy atom. The minimum Gasteiger partial charge on any atom is -0.338 e. The lowest BCUT2D eigenvalue weighted by molar-refractivity contribution is 0.248. The molecule has 0 unspecified atom stereocenters. The van der Waals surface area contributed by atoms with Crippen LogP contribution in [0.25, 0.3) is 0 Å². The molecule has 3 rings (SSSR count). The van der Waals surface area contributed by atoms with Gasteiger partial charge in [-0.05, 0) is 12.3 Å². The van der Waals surface area contributed by atoms with E-state index in [1.807, 2.05) is 19.4 Å². The number of aryl methyl sites for hydroxylation is 2. The molecule has 0 radical (unpaired) electrons. The van der Waals surface area contributed by atoms with Crippen LogP contribution in [-0.2, 0) is 20.0 Å². The van der Waals surface area contributed by atoms with Crippen molar-refractivity contribution in [2.24, 2.45) is 13.0 Å². The smallest absolute Gasteiger partial charge is 0.319 e. The van der Waals surface area contributed by atoms with E-state index in [0.717, 1.165) is 25.2 Å². The Labute approximate surface area is 117 Å². The monoisotopic (exact) mass is 274 g/mol. The van der Waals surface area contributed by atoms with Crippen LogP contribution in [0.4, 0.5) is 10.5 Å². The van der Waals surface area contributed by atoms with Gasteiger partial charge in [0.05, 0.1) is 11.9 Å². The molecule has 20 heavy (non-hydrogen) atoms. The maximum Gasteiger partial charge on any atom is 0.319 e. The van der Waals surface area contributed by atoms with Crippen molar-refractivity contribution in [3.05, 3.63) is 30.6 Å². The van der Waals surface area contributed by atoms with Gasteiger partial charge in [0.1, 0.15) is 5.82 Å². The highest BCUT2D eigenvalue weighted by Gasteiger charge is 2.19. The first-order valence-corrected chi connectivity index (χ1v) is 6.74. The SMILES string of the molecule is Cn1cc(NC(=O)NC[C@@H]2CCn3ccnc3C2)cn1. The summed E-state index contributed by atoms with van der Waals surface area (Å²) < 4.78 is 3.82. The Kier molecular flexibility index (Phi) is 3.41. The van der Waals surface area contributed by atoms with Gasteiger partial charge in [0.2, 0.25) is 0 Å². The van der Waals surface area contributed by atoms with E-state index in [1.54, 1.807) is 17.1 Å². The zero-order chi connectivity index (χ0) is 13.9. The van der Waals surface area contributed by atoms with Gasteiger partial charge in [-0.2, -0.15) is 5.10 Å². The maximum atomic E-state index is 11.8. The van der Waals surface area contributed by atoms with Crippen molar-refractivity contribution in [2.75, 3.05) is 11.9 Å². The number of hydrogen-bond donors (Lipinski definition) is 2. The van der Waals surface area contributed by atoms with E-state index in [9.17, 15) is 4.79 Å². The summed E-state index contributed by atoms with van der Waals surface area (Å²) >= 11 is 0. The molecule has 1 aliphatic heterocycles. The second kappa shape index (κ2) is 5.36. The summed E-state index contributed by atoms with van der Waals surface area (Å²) in [5.74, 6) is 1.56. The summed E-state index contributed by atoms with van der Waals surface area (Å²) in [6, 6.07) is -0.188. The minimum absolute atomic E-state index is 0.188. The van der Waals surface area contributed by atoms with E-state index < -0.39 is 0 Å². The van der Waals surface area contributed by atoms with E-state index in [1.165, 1.54) is 0 Å². The predicted molar refractivity (Wildman–Crippen MR) is 74.3 cm³/mol. The molecule has 0 spiro atoms. The molecule has 0 fully saturated rings. The van der Waals surface area contributed by atoms with Crippen molar-refractivity contribution in [2.45, 2.75) is 19.4 Å². The van der Waals surface area contributed by atoms with Crippen molar-refractivity contribution in [1.82, 2.24) is 24.6 Å². The molecular formula is C13H18N6O. The van der Waals surface area contributed by atoms with E-state index in [2.05, 4.69) is 25.3 Å². The van der Waals surface area contributed by atoms with Crippen molar-refractivity contribution >= 4 is 11.7 Å². The van der Waals surface area contributed by atoms with Gasteiger partial charge in [0.25, 0.3) is 0 Å². The highest BCUT2D eigenvalue weighted by molar-refractivity contribution is 5.88. The number of carbonyl (C=O) groups is 1. The lowest BCUT2D eigenvalue weighted by Gasteiger charge is -2.23. The third-order valence-corrected chi connectivity index (χ3v) is 3.57. The first-order chi connectivity index (χ1) is 9.70. The van der Waals surface area contributed by atoms with E-state index in [4.69, 9.17) is 0 Å². The number of nitrogens with one attached hydrogen (secondary N) is 2. The molecule has 0 bridgehead atoms. The van der Waals surface area contributed by atoms with Crippen LogP contribution in [0.5, 0.6) is 0 Å². The fourth-order valence-electron chi connectivity index (χ4n) is 2.49. The summed E-state index contributed by atoms with van der Waals surface area (Å²) in [7, 11) is 1.81. The molecule has 7 nitrogen and oxygen atoms in total. The lowest BCUT2D eigenvalue weighted by atomic mass is 9.98. The number of rotatable bonds is 3. The number of amides is 2. The average molecular weight is 274 g/mol. The van der Waals surface area contributed by atoms with Crippen LogP contribution in [0, 0.1) is 5.92 Å². The van der Waals surface area contributed by atoms with Crippen LogP contribution in [0.3, 0.4) is 0 Å². The van der Waals surface area contributed by atoms with Gasteiger partial charge in [0, 0.05) is 45.1 Å². The van der Waals surface area contributed by atoms with Gasteiger partial charge in [-0.15, -0.1) is 0 Å². The third-order valence-electron chi connectivity index (χ3n) is 3.57. The fourth-order valence-corrected chi connectivity index (χ4v) is 2.49. The number of nitrogens with zero attached hydrogens (tertiary/aromatic N) is 4. The lowest BCUT2D eigenvalue weighted by Crippen LogP contribution is -2.35. The predicted octanol–water partition coefficient (Wildman–Crippen LogP) is 1.00. The Morgan fingerprint density at radius 3 is 3.25 bits per heavy atom. The maximum absolute atomic E-state index is 11.8. The molecule has 2 N–H and O–H groups in total. The van der Waals surface area contributed by atoms with Crippen LogP contribution in [0.15, 0.2) is 24.8 Å². The van der Waals surface area contributed by atoms with Crippen molar-refractivity contribution < 1.29 is 4.79 Å². The number of urea groups is 1. The number of hydrogen-bond acceptors (Lipinski definition) is 3. The number of aromatic nitrogens is 4. The van der Waals surface area contributed by atoms with E-state index in [-0.39, 0.29) is 6.03 Å². The summed E-state index contributed by atoms with van der Waals surface area (Å²) in [5.41, 5.74) is 0.698. The third kappa shape index (κ3) is 2.81.